The lowest BCUT2D eigenvalue weighted by molar-refractivity contribution is -0.119. The summed E-state index contributed by atoms with van der Waals surface area (Å²) in [7, 11) is 0. The van der Waals surface area contributed by atoms with Crippen LogP contribution in [0.3, 0.4) is 0 Å². The van der Waals surface area contributed by atoms with Gasteiger partial charge in [-0.2, -0.15) is 0 Å². The first-order chi connectivity index (χ1) is 10.5. The quantitative estimate of drug-likeness (QED) is 0.778. The number of carbonyl (C=O) groups excluding carboxylic acids is 2. The van der Waals surface area contributed by atoms with E-state index in [-0.39, 0.29) is 17.7 Å². The van der Waals surface area contributed by atoms with Gasteiger partial charge in [0.05, 0.1) is 16.5 Å². The van der Waals surface area contributed by atoms with Gasteiger partial charge in [-0.1, -0.05) is 25.4 Å². The Morgan fingerprint density at radius 2 is 2.18 bits per heavy atom. The van der Waals surface area contributed by atoms with Crippen molar-refractivity contribution in [3.63, 3.8) is 0 Å². The van der Waals surface area contributed by atoms with Crippen molar-refractivity contribution >= 4 is 29.1 Å². The van der Waals surface area contributed by atoms with Crippen LogP contribution < -0.4 is 16.0 Å². The maximum absolute atomic E-state index is 12.0. The van der Waals surface area contributed by atoms with Crippen LogP contribution in [0.25, 0.3) is 0 Å². The summed E-state index contributed by atoms with van der Waals surface area (Å²) in [5.74, 6) is 0.156. The molecule has 0 bridgehead atoms. The summed E-state index contributed by atoms with van der Waals surface area (Å²) in [6, 6.07) is 4.96. The van der Waals surface area contributed by atoms with Crippen molar-refractivity contribution in [3.8, 4) is 0 Å². The van der Waals surface area contributed by atoms with Gasteiger partial charge in [-0.3, -0.25) is 9.59 Å². The SMILES string of the molecule is CC(C)CNC(=O)c1ccc(NC(=O)C2CCNC2)cc1Cl. The van der Waals surface area contributed by atoms with Crippen LogP contribution in [-0.2, 0) is 4.79 Å². The van der Waals surface area contributed by atoms with Crippen LogP contribution in [0.1, 0.15) is 30.6 Å². The lowest BCUT2D eigenvalue weighted by atomic mass is 10.1. The molecule has 1 fully saturated rings. The number of hydrogen-bond acceptors (Lipinski definition) is 3. The van der Waals surface area contributed by atoms with E-state index in [1.165, 1.54) is 0 Å². The molecule has 22 heavy (non-hydrogen) atoms. The molecule has 1 unspecified atom stereocenters. The van der Waals surface area contributed by atoms with E-state index >= 15 is 0 Å². The Balaban J connectivity index is 1.99. The van der Waals surface area contributed by atoms with Crippen LogP contribution >= 0.6 is 11.6 Å². The lowest BCUT2D eigenvalue weighted by Gasteiger charge is -2.12. The normalized spacial score (nSPS) is 17.5. The second-order valence-corrected chi connectivity index (χ2v) is 6.38. The van der Waals surface area contributed by atoms with E-state index in [4.69, 9.17) is 11.6 Å². The Hall–Kier alpha value is -1.59. The van der Waals surface area contributed by atoms with Crippen molar-refractivity contribution in [2.45, 2.75) is 20.3 Å². The predicted molar refractivity (Wildman–Crippen MR) is 88.2 cm³/mol. The Morgan fingerprint density at radius 3 is 2.77 bits per heavy atom. The maximum Gasteiger partial charge on any atom is 0.252 e. The molecule has 2 rings (SSSR count). The molecule has 1 heterocycles. The number of hydrogen-bond donors (Lipinski definition) is 3. The first-order valence-electron chi connectivity index (χ1n) is 7.56. The number of carbonyl (C=O) groups is 2. The van der Waals surface area contributed by atoms with Crippen LogP contribution in [0.4, 0.5) is 5.69 Å². The topological polar surface area (TPSA) is 70.2 Å². The van der Waals surface area contributed by atoms with Crippen molar-refractivity contribution in [1.29, 1.82) is 0 Å². The van der Waals surface area contributed by atoms with Crippen molar-refractivity contribution in [1.82, 2.24) is 10.6 Å². The Morgan fingerprint density at radius 1 is 1.41 bits per heavy atom. The Bertz CT molecular complexity index is 554. The fraction of sp³-hybridized carbons (Fsp3) is 0.500. The molecule has 5 nitrogen and oxygen atoms in total. The van der Waals surface area contributed by atoms with Crippen molar-refractivity contribution in [3.05, 3.63) is 28.8 Å². The minimum atomic E-state index is -0.198. The van der Waals surface area contributed by atoms with Gasteiger partial charge in [-0.05, 0) is 37.1 Å². The van der Waals surface area contributed by atoms with Crippen LogP contribution in [0.2, 0.25) is 5.02 Å². The van der Waals surface area contributed by atoms with Gasteiger partial charge < -0.3 is 16.0 Å². The van der Waals surface area contributed by atoms with E-state index in [1.54, 1.807) is 18.2 Å². The molecule has 1 aliphatic rings. The molecule has 1 saturated heterocycles. The molecule has 0 aromatic heterocycles. The number of rotatable bonds is 5. The second-order valence-electron chi connectivity index (χ2n) is 5.98. The summed E-state index contributed by atoms with van der Waals surface area (Å²) in [6.45, 7) is 6.22. The molecule has 6 heteroatoms. The molecule has 1 aliphatic heterocycles. The van der Waals surface area contributed by atoms with Crippen LogP contribution in [0, 0.1) is 11.8 Å². The van der Waals surface area contributed by atoms with Crippen molar-refractivity contribution < 1.29 is 9.59 Å². The average molecular weight is 324 g/mol. The van der Waals surface area contributed by atoms with E-state index in [9.17, 15) is 9.59 Å². The molecule has 0 radical (unpaired) electrons. The van der Waals surface area contributed by atoms with E-state index in [0.717, 1.165) is 13.0 Å². The highest BCUT2D eigenvalue weighted by Gasteiger charge is 2.22. The van der Waals surface area contributed by atoms with Crippen molar-refractivity contribution in [2.75, 3.05) is 25.0 Å². The largest absolute Gasteiger partial charge is 0.352 e. The van der Waals surface area contributed by atoms with Gasteiger partial charge in [-0.15, -0.1) is 0 Å². The molecular weight excluding hydrogens is 302 g/mol. The van der Waals surface area contributed by atoms with Gasteiger partial charge in [0.2, 0.25) is 5.91 Å². The fourth-order valence-corrected chi connectivity index (χ4v) is 2.56. The van der Waals surface area contributed by atoms with Crippen LogP contribution in [-0.4, -0.2) is 31.4 Å². The number of nitrogens with one attached hydrogen (secondary N) is 3. The van der Waals surface area contributed by atoms with E-state index in [1.807, 2.05) is 13.8 Å². The van der Waals surface area contributed by atoms with Crippen LogP contribution in [0.5, 0.6) is 0 Å². The zero-order valence-electron chi connectivity index (χ0n) is 12.9. The fourth-order valence-electron chi connectivity index (χ4n) is 2.29. The van der Waals surface area contributed by atoms with Gasteiger partial charge in [0.1, 0.15) is 0 Å². The summed E-state index contributed by atoms with van der Waals surface area (Å²) < 4.78 is 0. The molecule has 3 N–H and O–H groups in total. The summed E-state index contributed by atoms with van der Waals surface area (Å²) >= 11 is 6.16. The maximum atomic E-state index is 12.0. The predicted octanol–water partition coefficient (Wildman–Crippen LogP) is 2.27. The lowest BCUT2D eigenvalue weighted by Crippen LogP contribution is -2.27. The van der Waals surface area contributed by atoms with E-state index in [0.29, 0.717) is 35.3 Å². The van der Waals surface area contributed by atoms with Gasteiger partial charge in [0, 0.05) is 18.8 Å². The molecule has 0 saturated carbocycles. The number of benzene rings is 1. The van der Waals surface area contributed by atoms with Crippen LogP contribution in [0.15, 0.2) is 18.2 Å². The van der Waals surface area contributed by atoms with Crippen molar-refractivity contribution in [2.24, 2.45) is 11.8 Å². The Kier molecular flexibility index (Phi) is 5.80. The molecule has 1 aromatic rings. The minimum Gasteiger partial charge on any atom is -0.352 e. The monoisotopic (exact) mass is 323 g/mol. The zero-order valence-corrected chi connectivity index (χ0v) is 13.7. The smallest absolute Gasteiger partial charge is 0.252 e. The summed E-state index contributed by atoms with van der Waals surface area (Å²) in [4.78, 5) is 24.1. The minimum absolute atomic E-state index is 0.00667. The standard InChI is InChI=1S/C16H22ClN3O2/c1-10(2)8-19-16(22)13-4-3-12(7-14(13)17)20-15(21)11-5-6-18-9-11/h3-4,7,10-11,18H,5-6,8-9H2,1-2H3,(H,19,22)(H,20,21). The average Bonchev–Trinajstić information content (AvgIpc) is 2.99. The number of amides is 2. The third-order valence-corrected chi connectivity index (χ3v) is 3.90. The molecule has 1 atom stereocenters. The molecule has 0 spiro atoms. The molecular formula is C16H22ClN3O2. The van der Waals surface area contributed by atoms with Gasteiger partial charge in [0.15, 0.2) is 0 Å². The first kappa shape index (κ1) is 16.8. The summed E-state index contributed by atoms with van der Waals surface area (Å²) in [5, 5.41) is 9.17. The third kappa shape index (κ3) is 4.45. The van der Waals surface area contributed by atoms with E-state index in [2.05, 4.69) is 16.0 Å². The Labute approximate surface area is 135 Å². The second kappa shape index (κ2) is 7.61. The highest BCUT2D eigenvalue weighted by Crippen LogP contribution is 2.22. The molecule has 0 aliphatic carbocycles. The molecule has 1 aromatic carbocycles. The molecule has 120 valence electrons. The van der Waals surface area contributed by atoms with Gasteiger partial charge in [-0.25, -0.2) is 0 Å². The number of halogens is 1. The summed E-state index contributed by atoms with van der Waals surface area (Å²) in [6.07, 6.45) is 0.843. The zero-order chi connectivity index (χ0) is 16.1. The van der Waals surface area contributed by atoms with E-state index < -0.39 is 0 Å². The van der Waals surface area contributed by atoms with Gasteiger partial charge >= 0.3 is 0 Å². The highest BCUT2D eigenvalue weighted by atomic mass is 35.5. The first-order valence-corrected chi connectivity index (χ1v) is 7.94. The third-order valence-electron chi connectivity index (χ3n) is 3.58. The summed E-state index contributed by atoms with van der Waals surface area (Å²) in [5.41, 5.74) is 1.03. The molecule has 2 amide bonds. The number of anilines is 1. The highest BCUT2D eigenvalue weighted by molar-refractivity contribution is 6.34. The van der Waals surface area contributed by atoms with Gasteiger partial charge in [0.25, 0.3) is 5.91 Å².